The third-order valence-electron chi connectivity index (χ3n) is 2.04. The van der Waals surface area contributed by atoms with Crippen LogP contribution in [0.2, 0.25) is 0 Å². The Labute approximate surface area is 81.3 Å². The Morgan fingerprint density at radius 2 is 2.07 bits per heavy atom. The molecule has 0 aliphatic carbocycles. The lowest BCUT2D eigenvalue weighted by Crippen LogP contribution is -1.85. The third kappa shape index (κ3) is 1.62. The number of aromatic amines is 1. The number of halogens is 1. The van der Waals surface area contributed by atoms with Gasteiger partial charge in [-0.05, 0) is 29.3 Å². The predicted molar refractivity (Wildman–Crippen MR) is 52.7 cm³/mol. The molecule has 72 valence electrons. The number of nitrogens with one attached hydrogen (secondary N) is 1. The van der Waals surface area contributed by atoms with E-state index in [1.54, 1.807) is 12.3 Å². The van der Waals surface area contributed by atoms with Gasteiger partial charge in [-0.25, -0.2) is 4.39 Å². The molecule has 0 aliphatic rings. The summed E-state index contributed by atoms with van der Waals surface area (Å²) in [5.41, 5.74) is 1.76. The summed E-state index contributed by atoms with van der Waals surface area (Å²) >= 11 is 0. The lowest BCUT2D eigenvalue weighted by Gasteiger charge is -2.03. The SMILES string of the molecule is COc1cc(F)cc(-c2cc[nH]c2)c1. The molecule has 0 spiro atoms. The van der Waals surface area contributed by atoms with Crippen LogP contribution in [0.5, 0.6) is 5.75 Å². The van der Waals surface area contributed by atoms with E-state index in [0.717, 1.165) is 11.1 Å². The first-order chi connectivity index (χ1) is 6.79. The number of rotatable bonds is 2. The average molecular weight is 191 g/mol. The second-order valence-corrected chi connectivity index (χ2v) is 2.98. The largest absolute Gasteiger partial charge is 0.497 e. The highest BCUT2D eigenvalue weighted by molar-refractivity contribution is 5.64. The molecule has 2 nitrogen and oxygen atoms in total. The third-order valence-corrected chi connectivity index (χ3v) is 2.04. The monoisotopic (exact) mass is 191 g/mol. The fourth-order valence-corrected chi connectivity index (χ4v) is 1.35. The molecule has 0 amide bonds. The predicted octanol–water partition coefficient (Wildman–Crippen LogP) is 2.83. The normalized spacial score (nSPS) is 10.1. The number of ether oxygens (including phenoxy) is 1. The first kappa shape index (κ1) is 8.81. The highest BCUT2D eigenvalue weighted by atomic mass is 19.1. The summed E-state index contributed by atoms with van der Waals surface area (Å²) in [7, 11) is 1.52. The van der Waals surface area contributed by atoms with E-state index < -0.39 is 0 Å². The summed E-state index contributed by atoms with van der Waals surface area (Å²) < 4.78 is 18.1. The van der Waals surface area contributed by atoms with E-state index in [1.807, 2.05) is 12.3 Å². The standard InChI is InChI=1S/C11H10FNO/c1-14-11-5-9(4-10(12)6-11)8-2-3-13-7-8/h2-7,13H,1H3. The molecule has 2 rings (SSSR count). The van der Waals surface area contributed by atoms with E-state index in [4.69, 9.17) is 4.74 Å². The number of hydrogen-bond donors (Lipinski definition) is 1. The van der Waals surface area contributed by atoms with E-state index in [-0.39, 0.29) is 5.82 Å². The highest BCUT2D eigenvalue weighted by Crippen LogP contribution is 2.24. The van der Waals surface area contributed by atoms with E-state index >= 15 is 0 Å². The molecule has 0 aliphatic heterocycles. The van der Waals surface area contributed by atoms with Crippen LogP contribution < -0.4 is 4.74 Å². The molecule has 0 unspecified atom stereocenters. The van der Waals surface area contributed by atoms with Crippen molar-refractivity contribution in [3.63, 3.8) is 0 Å². The zero-order valence-electron chi connectivity index (χ0n) is 7.75. The molecule has 3 heteroatoms. The molecule has 0 radical (unpaired) electrons. The molecule has 14 heavy (non-hydrogen) atoms. The van der Waals surface area contributed by atoms with Gasteiger partial charge in [0, 0.05) is 18.5 Å². The van der Waals surface area contributed by atoms with Crippen LogP contribution in [0.4, 0.5) is 4.39 Å². The minimum Gasteiger partial charge on any atom is -0.497 e. The van der Waals surface area contributed by atoms with Crippen molar-refractivity contribution in [2.75, 3.05) is 7.11 Å². The second-order valence-electron chi connectivity index (χ2n) is 2.98. The molecule has 1 N–H and O–H groups in total. The van der Waals surface area contributed by atoms with Crippen LogP contribution in [-0.2, 0) is 0 Å². The fourth-order valence-electron chi connectivity index (χ4n) is 1.35. The molecule has 1 aromatic carbocycles. The topological polar surface area (TPSA) is 25.0 Å². The van der Waals surface area contributed by atoms with Crippen LogP contribution in [0, 0.1) is 5.82 Å². The van der Waals surface area contributed by atoms with Gasteiger partial charge in [0.1, 0.15) is 11.6 Å². The van der Waals surface area contributed by atoms with Crippen molar-refractivity contribution in [1.29, 1.82) is 0 Å². The van der Waals surface area contributed by atoms with Crippen LogP contribution in [0.1, 0.15) is 0 Å². The molecule has 0 fully saturated rings. The zero-order chi connectivity index (χ0) is 9.97. The van der Waals surface area contributed by atoms with Gasteiger partial charge in [0.2, 0.25) is 0 Å². The highest BCUT2D eigenvalue weighted by Gasteiger charge is 2.03. The summed E-state index contributed by atoms with van der Waals surface area (Å²) in [6, 6.07) is 6.52. The van der Waals surface area contributed by atoms with Gasteiger partial charge in [-0.3, -0.25) is 0 Å². The Kier molecular flexibility index (Phi) is 2.23. The summed E-state index contributed by atoms with van der Waals surface area (Å²) in [5.74, 6) is 0.238. The maximum atomic E-state index is 13.1. The summed E-state index contributed by atoms with van der Waals surface area (Å²) in [6.07, 6.45) is 3.61. The summed E-state index contributed by atoms with van der Waals surface area (Å²) in [6.45, 7) is 0. The van der Waals surface area contributed by atoms with Gasteiger partial charge in [-0.1, -0.05) is 0 Å². The molecule has 2 aromatic rings. The van der Waals surface area contributed by atoms with Crippen LogP contribution >= 0.6 is 0 Å². The van der Waals surface area contributed by atoms with Gasteiger partial charge in [0.15, 0.2) is 0 Å². The fraction of sp³-hybridized carbons (Fsp3) is 0.0909. The number of benzene rings is 1. The average Bonchev–Trinajstić information content (AvgIpc) is 2.69. The Morgan fingerprint density at radius 3 is 2.71 bits per heavy atom. The Morgan fingerprint density at radius 1 is 1.21 bits per heavy atom. The van der Waals surface area contributed by atoms with Gasteiger partial charge in [-0.15, -0.1) is 0 Å². The number of H-pyrrole nitrogens is 1. The van der Waals surface area contributed by atoms with E-state index in [0.29, 0.717) is 5.75 Å². The first-order valence-corrected chi connectivity index (χ1v) is 4.27. The Balaban J connectivity index is 2.48. The number of aromatic nitrogens is 1. The van der Waals surface area contributed by atoms with Crippen molar-refractivity contribution in [1.82, 2.24) is 4.98 Å². The maximum absolute atomic E-state index is 13.1. The lowest BCUT2D eigenvalue weighted by atomic mass is 10.1. The molecule has 1 heterocycles. The zero-order valence-corrected chi connectivity index (χ0v) is 7.75. The van der Waals surface area contributed by atoms with Gasteiger partial charge < -0.3 is 9.72 Å². The van der Waals surface area contributed by atoms with Gasteiger partial charge in [0.25, 0.3) is 0 Å². The molecule has 0 atom stereocenters. The van der Waals surface area contributed by atoms with Crippen LogP contribution in [0.25, 0.3) is 11.1 Å². The number of methoxy groups -OCH3 is 1. The van der Waals surface area contributed by atoms with E-state index in [2.05, 4.69) is 4.98 Å². The summed E-state index contributed by atoms with van der Waals surface area (Å²) in [4.78, 5) is 2.92. The quantitative estimate of drug-likeness (QED) is 0.775. The van der Waals surface area contributed by atoms with E-state index in [9.17, 15) is 4.39 Å². The molecule has 0 saturated carbocycles. The molecule has 0 bridgehead atoms. The molecule has 1 aromatic heterocycles. The lowest BCUT2D eigenvalue weighted by molar-refractivity contribution is 0.411. The van der Waals surface area contributed by atoms with Crippen LogP contribution in [-0.4, -0.2) is 12.1 Å². The summed E-state index contributed by atoms with van der Waals surface area (Å²) in [5, 5.41) is 0. The minimum atomic E-state index is -0.291. The first-order valence-electron chi connectivity index (χ1n) is 4.27. The molecule has 0 saturated heterocycles. The van der Waals surface area contributed by atoms with Gasteiger partial charge in [-0.2, -0.15) is 0 Å². The minimum absolute atomic E-state index is 0.291. The second kappa shape index (κ2) is 3.54. The van der Waals surface area contributed by atoms with Crippen LogP contribution in [0.3, 0.4) is 0 Å². The van der Waals surface area contributed by atoms with E-state index in [1.165, 1.54) is 19.2 Å². The Bertz CT molecular complexity index is 423. The van der Waals surface area contributed by atoms with Crippen molar-refractivity contribution < 1.29 is 9.13 Å². The van der Waals surface area contributed by atoms with Crippen molar-refractivity contribution in [2.24, 2.45) is 0 Å². The van der Waals surface area contributed by atoms with Gasteiger partial charge in [0.05, 0.1) is 7.11 Å². The van der Waals surface area contributed by atoms with Crippen LogP contribution in [0.15, 0.2) is 36.7 Å². The number of hydrogen-bond acceptors (Lipinski definition) is 1. The van der Waals surface area contributed by atoms with Crippen molar-refractivity contribution >= 4 is 0 Å². The maximum Gasteiger partial charge on any atom is 0.127 e. The Hall–Kier alpha value is -1.77. The molecular formula is C11H10FNO. The van der Waals surface area contributed by atoms with Crippen molar-refractivity contribution in [3.8, 4) is 16.9 Å². The van der Waals surface area contributed by atoms with Crippen molar-refractivity contribution in [2.45, 2.75) is 0 Å². The molecular weight excluding hydrogens is 181 g/mol. The van der Waals surface area contributed by atoms with Crippen molar-refractivity contribution in [3.05, 3.63) is 42.5 Å². The smallest absolute Gasteiger partial charge is 0.127 e. The van der Waals surface area contributed by atoms with Gasteiger partial charge >= 0.3 is 0 Å².